The number of ether oxygens (including phenoxy) is 3. The number of rotatable bonds is 5. The summed E-state index contributed by atoms with van der Waals surface area (Å²) >= 11 is 0. The first-order chi connectivity index (χ1) is 12.5. The van der Waals surface area contributed by atoms with Gasteiger partial charge in [-0.25, -0.2) is 0 Å². The number of likely N-dealkylation sites (tertiary alicyclic amines) is 1. The predicted octanol–water partition coefficient (Wildman–Crippen LogP) is 1.65. The van der Waals surface area contributed by atoms with E-state index in [-0.39, 0.29) is 5.91 Å². The Hall–Kier alpha value is -1.83. The molecular weight excluding hydrogens is 336 g/mol. The maximum atomic E-state index is 12.4. The zero-order valence-electron chi connectivity index (χ0n) is 15.5. The van der Waals surface area contributed by atoms with Crippen LogP contribution in [-0.4, -0.2) is 68.1 Å². The fourth-order valence-corrected chi connectivity index (χ4v) is 3.76. The van der Waals surface area contributed by atoms with E-state index in [1.165, 1.54) is 0 Å². The summed E-state index contributed by atoms with van der Waals surface area (Å²) in [5.74, 6) is 1.17. The molecule has 0 radical (unpaired) electrons. The van der Waals surface area contributed by atoms with Crippen LogP contribution < -0.4 is 14.8 Å². The highest BCUT2D eigenvalue weighted by Crippen LogP contribution is 2.35. The summed E-state index contributed by atoms with van der Waals surface area (Å²) in [5.41, 5.74) is 0.233. The molecule has 7 heteroatoms. The smallest absolute Gasteiger partial charge is 0.238 e. The van der Waals surface area contributed by atoms with E-state index in [0.29, 0.717) is 23.7 Å². The molecule has 1 spiro atoms. The third-order valence-electron chi connectivity index (χ3n) is 5.32. The van der Waals surface area contributed by atoms with Gasteiger partial charge < -0.3 is 24.6 Å². The van der Waals surface area contributed by atoms with Gasteiger partial charge in [-0.2, -0.15) is 0 Å². The lowest BCUT2D eigenvalue weighted by Gasteiger charge is -2.46. The maximum Gasteiger partial charge on any atom is 0.238 e. The molecule has 2 saturated heterocycles. The molecule has 26 heavy (non-hydrogen) atoms. The van der Waals surface area contributed by atoms with Crippen molar-refractivity contribution in [2.24, 2.45) is 0 Å². The highest BCUT2D eigenvalue weighted by Gasteiger charge is 2.43. The van der Waals surface area contributed by atoms with Crippen LogP contribution in [0.3, 0.4) is 0 Å². The Bertz CT molecular complexity index is 606. The minimum absolute atomic E-state index is 0.0821. The van der Waals surface area contributed by atoms with Crippen molar-refractivity contribution < 1.29 is 24.1 Å². The van der Waals surface area contributed by atoms with Crippen LogP contribution in [0.5, 0.6) is 11.5 Å². The van der Waals surface area contributed by atoms with Gasteiger partial charge in [-0.1, -0.05) is 0 Å². The Kier molecular flexibility index (Phi) is 6.01. The number of piperidine rings is 1. The fraction of sp³-hybridized carbons (Fsp3) is 0.632. The first-order valence-electron chi connectivity index (χ1n) is 9.12. The molecule has 0 aliphatic carbocycles. The summed E-state index contributed by atoms with van der Waals surface area (Å²) in [6, 6.07) is 5.28. The van der Waals surface area contributed by atoms with Gasteiger partial charge in [0.25, 0.3) is 0 Å². The number of hydrogen-bond acceptors (Lipinski definition) is 6. The van der Waals surface area contributed by atoms with Crippen molar-refractivity contribution in [1.82, 2.24) is 4.90 Å². The van der Waals surface area contributed by atoms with E-state index in [1.807, 2.05) is 0 Å². The first kappa shape index (κ1) is 18.9. The third kappa shape index (κ3) is 4.28. The normalized spacial score (nSPS) is 22.8. The van der Waals surface area contributed by atoms with Crippen molar-refractivity contribution >= 4 is 11.6 Å². The first-order valence-corrected chi connectivity index (χ1v) is 9.12. The Labute approximate surface area is 154 Å². The third-order valence-corrected chi connectivity index (χ3v) is 5.32. The van der Waals surface area contributed by atoms with Crippen molar-refractivity contribution in [2.45, 2.75) is 37.4 Å². The molecule has 7 nitrogen and oxygen atoms in total. The molecule has 2 fully saturated rings. The largest absolute Gasteiger partial charge is 0.497 e. The van der Waals surface area contributed by atoms with E-state index < -0.39 is 11.7 Å². The number of carbonyl (C=O) groups excluding carboxylic acids is 1. The molecule has 2 heterocycles. The van der Waals surface area contributed by atoms with Crippen LogP contribution in [0.1, 0.15) is 25.7 Å². The topological polar surface area (TPSA) is 80.3 Å². The molecule has 1 aromatic carbocycles. The average Bonchev–Trinajstić information content (AvgIpc) is 2.65. The van der Waals surface area contributed by atoms with Gasteiger partial charge in [-0.15, -0.1) is 0 Å². The molecular formula is C19H28N2O5. The predicted molar refractivity (Wildman–Crippen MR) is 97.8 cm³/mol. The molecule has 144 valence electrons. The number of amides is 1. The second-order valence-electron chi connectivity index (χ2n) is 7.00. The fourth-order valence-electron chi connectivity index (χ4n) is 3.76. The van der Waals surface area contributed by atoms with Crippen LogP contribution in [-0.2, 0) is 9.53 Å². The molecule has 1 atom stereocenters. The molecule has 0 saturated carbocycles. The molecule has 3 rings (SSSR count). The van der Waals surface area contributed by atoms with Crippen molar-refractivity contribution in [3.8, 4) is 11.5 Å². The van der Waals surface area contributed by atoms with Gasteiger partial charge >= 0.3 is 0 Å². The van der Waals surface area contributed by atoms with Gasteiger partial charge in [0.1, 0.15) is 11.5 Å². The van der Waals surface area contributed by atoms with E-state index in [4.69, 9.17) is 14.2 Å². The number of anilines is 1. The summed E-state index contributed by atoms with van der Waals surface area (Å²) < 4.78 is 16.4. The van der Waals surface area contributed by atoms with Crippen molar-refractivity contribution in [3.63, 3.8) is 0 Å². The minimum Gasteiger partial charge on any atom is -0.497 e. The zero-order valence-corrected chi connectivity index (χ0v) is 15.5. The van der Waals surface area contributed by atoms with Gasteiger partial charge in [0, 0.05) is 43.6 Å². The molecule has 2 N–H and O–H groups in total. The second kappa shape index (κ2) is 8.24. The van der Waals surface area contributed by atoms with E-state index >= 15 is 0 Å². The number of benzene rings is 1. The number of nitrogens with one attached hydrogen (secondary N) is 1. The monoisotopic (exact) mass is 364 g/mol. The quantitative estimate of drug-likeness (QED) is 0.827. The zero-order chi connectivity index (χ0) is 18.6. The molecule has 0 bridgehead atoms. The summed E-state index contributed by atoms with van der Waals surface area (Å²) in [6.45, 7) is 2.51. The second-order valence-corrected chi connectivity index (χ2v) is 7.00. The summed E-state index contributed by atoms with van der Waals surface area (Å²) in [6.07, 6.45) is 2.84. The van der Waals surface area contributed by atoms with Crippen LogP contribution in [0, 0.1) is 0 Å². The van der Waals surface area contributed by atoms with Gasteiger partial charge in [-0.05, 0) is 25.7 Å². The maximum absolute atomic E-state index is 12.4. The Morgan fingerprint density at radius 1 is 1.27 bits per heavy atom. The number of aliphatic hydroxyl groups excluding tert-OH is 1. The van der Waals surface area contributed by atoms with Crippen molar-refractivity contribution in [3.05, 3.63) is 18.2 Å². The highest BCUT2D eigenvalue weighted by molar-refractivity contribution is 5.92. The number of nitrogens with zero attached hydrogens (tertiary/aromatic N) is 1. The van der Waals surface area contributed by atoms with E-state index in [2.05, 4.69) is 10.2 Å². The molecule has 0 unspecified atom stereocenters. The minimum atomic E-state index is -0.411. The van der Waals surface area contributed by atoms with Gasteiger partial charge in [0.05, 0.1) is 32.5 Å². The van der Waals surface area contributed by atoms with E-state index in [9.17, 15) is 9.90 Å². The van der Waals surface area contributed by atoms with E-state index in [1.54, 1.807) is 32.4 Å². The van der Waals surface area contributed by atoms with Crippen LogP contribution in [0.2, 0.25) is 0 Å². The standard InChI is InChI=1S/C19H28N2O5/c1-24-15-10-14(11-16(12-15)25-2)20-18(23)13-21-7-5-19(6-8-21)17(22)4-3-9-26-19/h10-12,17,22H,3-9,13H2,1-2H3,(H,20,23)/t17-/m1/s1. The lowest BCUT2D eigenvalue weighted by atomic mass is 9.82. The van der Waals surface area contributed by atoms with Gasteiger partial charge in [0.2, 0.25) is 5.91 Å². The highest BCUT2D eigenvalue weighted by atomic mass is 16.5. The Morgan fingerprint density at radius 2 is 1.92 bits per heavy atom. The van der Waals surface area contributed by atoms with Crippen LogP contribution in [0.4, 0.5) is 5.69 Å². The Morgan fingerprint density at radius 3 is 2.50 bits per heavy atom. The van der Waals surface area contributed by atoms with Crippen LogP contribution >= 0.6 is 0 Å². The average molecular weight is 364 g/mol. The van der Waals surface area contributed by atoms with Gasteiger partial charge in [-0.3, -0.25) is 9.69 Å². The van der Waals surface area contributed by atoms with Gasteiger partial charge in [0.15, 0.2) is 0 Å². The SMILES string of the molecule is COc1cc(NC(=O)CN2CCC3(CC2)OCCC[C@H]3O)cc(OC)c1. The number of methoxy groups -OCH3 is 2. The molecule has 2 aliphatic heterocycles. The van der Waals surface area contributed by atoms with Crippen molar-refractivity contribution in [2.75, 3.05) is 45.8 Å². The lowest BCUT2D eigenvalue weighted by molar-refractivity contribution is -0.177. The number of aliphatic hydroxyl groups is 1. The molecule has 0 aromatic heterocycles. The summed E-state index contributed by atoms with van der Waals surface area (Å²) in [5, 5.41) is 13.2. The lowest BCUT2D eigenvalue weighted by Crippen LogP contribution is -2.55. The number of carbonyl (C=O) groups is 1. The molecule has 1 aromatic rings. The van der Waals surface area contributed by atoms with Crippen molar-refractivity contribution in [1.29, 1.82) is 0 Å². The summed E-state index contributed by atoms with van der Waals surface area (Å²) in [4.78, 5) is 14.5. The number of hydrogen-bond donors (Lipinski definition) is 2. The summed E-state index contributed by atoms with van der Waals surface area (Å²) in [7, 11) is 3.15. The molecule has 1 amide bonds. The van der Waals surface area contributed by atoms with E-state index in [0.717, 1.165) is 45.4 Å². The molecule has 2 aliphatic rings. The van der Waals surface area contributed by atoms with Crippen LogP contribution in [0.15, 0.2) is 18.2 Å². The van der Waals surface area contributed by atoms with Crippen LogP contribution in [0.25, 0.3) is 0 Å². The Balaban J connectivity index is 1.53.